The van der Waals surface area contributed by atoms with Crippen molar-refractivity contribution in [3.63, 3.8) is 0 Å². The summed E-state index contributed by atoms with van der Waals surface area (Å²) >= 11 is 0. The van der Waals surface area contributed by atoms with Crippen LogP contribution in [0.3, 0.4) is 0 Å². The van der Waals surface area contributed by atoms with Gasteiger partial charge >= 0.3 is 0 Å². The third kappa shape index (κ3) is 4.66. The molecule has 0 aromatic heterocycles. The average Bonchev–Trinajstić information content (AvgIpc) is 3.41. The molecule has 0 unspecified atom stereocenters. The minimum Gasteiger partial charge on any atom is -0.497 e. The number of fused-ring (bicyclic) bond motifs is 2. The number of hydrogen-bond donors (Lipinski definition) is 1. The molecule has 2 aliphatic rings. The predicted octanol–water partition coefficient (Wildman–Crippen LogP) is 3.41. The Kier molecular flexibility index (Phi) is 6.29. The maximum absolute atomic E-state index is 13.6. The van der Waals surface area contributed by atoms with Gasteiger partial charge in [-0.15, -0.1) is 0 Å². The maximum atomic E-state index is 13.6. The number of sulfonamides is 1. The lowest BCUT2D eigenvalue weighted by molar-refractivity contribution is -0.385. The number of benzene rings is 2. The van der Waals surface area contributed by atoms with E-state index in [0.717, 1.165) is 29.6 Å². The Morgan fingerprint density at radius 3 is 2.48 bits per heavy atom. The van der Waals surface area contributed by atoms with Crippen LogP contribution in [0, 0.1) is 28.9 Å². The molecule has 2 aliphatic carbocycles. The lowest BCUT2D eigenvalue weighted by Crippen LogP contribution is -2.46. The first-order valence-electron chi connectivity index (χ1n) is 10.9. The maximum Gasteiger partial charge on any atom is 0.273 e. The molecular weight excluding hydrogens is 446 g/mol. The average molecular weight is 474 g/mol. The number of nitro benzene ring substituents is 1. The molecule has 176 valence electrons. The van der Waals surface area contributed by atoms with Crippen molar-refractivity contribution in [3.8, 4) is 5.75 Å². The fourth-order valence-corrected chi connectivity index (χ4v) is 6.38. The molecule has 0 saturated heterocycles. The fourth-order valence-electron chi connectivity index (χ4n) is 4.94. The standard InChI is InChI=1S/C23H27N3O6S/c1-15-3-10-20(13-22(15)26(28)29)33(30,31)25(18-6-8-19(32-2)9-7-18)14-23(27)24-21-12-16-4-5-17(21)11-16/h3,6-10,13,16-17,21H,4-5,11-12,14H2,1-2H3,(H,24,27)/t16-,17-,21+/m0/s1. The molecule has 3 atom stereocenters. The highest BCUT2D eigenvalue weighted by Gasteiger charge is 2.40. The van der Waals surface area contributed by atoms with E-state index in [1.165, 1.54) is 25.7 Å². The number of methoxy groups -OCH3 is 1. The highest BCUT2D eigenvalue weighted by atomic mass is 32.2. The van der Waals surface area contributed by atoms with Crippen LogP contribution in [-0.4, -0.2) is 38.9 Å². The third-order valence-electron chi connectivity index (χ3n) is 6.70. The number of rotatable bonds is 8. The van der Waals surface area contributed by atoms with Gasteiger partial charge in [-0.3, -0.25) is 19.2 Å². The molecular formula is C23H27N3O6S. The highest BCUT2D eigenvalue weighted by molar-refractivity contribution is 7.92. The zero-order valence-electron chi connectivity index (χ0n) is 18.6. The van der Waals surface area contributed by atoms with E-state index in [1.54, 1.807) is 31.2 Å². The van der Waals surface area contributed by atoms with Crippen molar-refractivity contribution in [2.75, 3.05) is 18.0 Å². The predicted molar refractivity (Wildman–Crippen MR) is 123 cm³/mol. The van der Waals surface area contributed by atoms with Crippen LogP contribution in [0.25, 0.3) is 0 Å². The summed E-state index contributed by atoms with van der Waals surface area (Å²) in [6.45, 7) is 1.11. The van der Waals surface area contributed by atoms with Gasteiger partial charge in [-0.05, 0) is 68.4 Å². The number of aryl methyl sites for hydroxylation is 1. The Bertz CT molecular complexity index is 1170. The lowest BCUT2D eigenvalue weighted by Gasteiger charge is -2.27. The third-order valence-corrected chi connectivity index (χ3v) is 8.47. The summed E-state index contributed by atoms with van der Waals surface area (Å²) in [5.74, 6) is 1.22. The van der Waals surface area contributed by atoms with Crippen LogP contribution in [0.4, 0.5) is 11.4 Å². The van der Waals surface area contributed by atoms with Crippen LogP contribution in [0.2, 0.25) is 0 Å². The molecule has 9 nitrogen and oxygen atoms in total. The second-order valence-electron chi connectivity index (χ2n) is 8.76. The second kappa shape index (κ2) is 9.01. The van der Waals surface area contributed by atoms with Crippen molar-refractivity contribution in [2.24, 2.45) is 11.8 Å². The summed E-state index contributed by atoms with van der Waals surface area (Å²) in [5.41, 5.74) is 0.322. The van der Waals surface area contributed by atoms with Gasteiger partial charge in [-0.1, -0.05) is 12.5 Å². The molecule has 2 aromatic carbocycles. The minimum atomic E-state index is -4.26. The van der Waals surface area contributed by atoms with Crippen LogP contribution in [-0.2, 0) is 14.8 Å². The number of ether oxygens (including phenoxy) is 1. The van der Waals surface area contributed by atoms with Crippen LogP contribution in [0.15, 0.2) is 47.4 Å². The number of nitro groups is 1. The van der Waals surface area contributed by atoms with Gasteiger partial charge in [0.1, 0.15) is 12.3 Å². The number of carbonyl (C=O) groups is 1. The molecule has 0 radical (unpaired) electrons. The van der Waals surface area contributed by atoms with Crippen LogP contribution < -0.4 is 14.4 Å². The number of anilines is 1. The van der Waals surface area contributed by atoms with E-state index in [1.807, 2.05) is 0 Å². The van der Waals surface area contributed by atoms with E-state index in [2.05, 4.69) is 5.32 Å². The summed E-state index contributed by atoms with van der Waals surface area (Å²) in [7, 11) is -2.76. The second-order valence-corrected chi connectivity index (χ2v) is 10.6. The van der Waals surface area contributed by atoms with Gasteiger partial charge in [-0.2, -0.15) is 0 Å². The first kappa shape index (κ1) is 23.0. The van der Waals surface area contributed by atoms with Gasteiger partial charge in [0.05, 0.1) is 22.6 Å². The molecule has 2 bridgehead atoms. The zero-order valence-corrected chi connectivity index (χ0v) is 19.4. The zero-order chi connectivity index (χ0) is 23.8. The Hall–Kier alpha value is -3.14. The largest absolute Gasteiger partial charge is 0.497 e. The Morgan fingerprint density at radius 2 is 1.91 bits per heavy atom. The Balaban J connectivity index is 1.65. The van der Waals surface area contributed by atoms with Crippen molar-refractivity contribution < 1.29 is 22.9 Å². The monoisotopic (exact) mass is 473 g/mol. The van der Waals surface area contributed by atoms with Crippen molar-refractivity contribution in [2.45, 2.75) is 43.5 Å². The molecule has 2 saturated carbocycles. The fraction of sp³-hybridized carbons (Fsp3) is 0.435. The molecule has 1 N–H and O–H groups in total. The summed E-state index contributed by atoms with van der Waals surface area (Å²) in [4.78, 5) is 23.4. The van der Waals surface area contributed by atoms with Gasteiger partial charge in [0, 0.05) is 17.7 Å². The van der Waals surface area contributed by atoms with Gasteiger partial charge in [0.25, 0.3) is 15.7 Å². The van der Waals surface area contributed by atoms with E-state index >= 15 is 0 Å². The number of hydrogen-bond acceptors (Lipinski definition) is 6. The van der Waals surface area contributed by atoms with Gasteiger partial charge in [0.2, 0.25) is 5.91 Å². The Morgan fingerprint density at radius 1 is 1.18 bits per heavy atom. The summed E-state index contributed by atoms with van der Waals surface area (Å²) in [5, 5.41) is 14.4. The van der Waals surface area contributed by atoms with Crippen LogP contribution >= 0.6 is 0 Å². The lowest BCUT2D eigenvalue weighted by atomic mass is 9.95. The number of amides is 1. The molecule has 10 heteroatoms. The summed E-state index contributed by atoms with van der Waals surface area (Å²) < 4.78 is 33.3. The van der Waals surface area contributed by atoms with Crippen LogP contribution in [0.5, 0.6) is 5.75 Å². The van der Waals surface area contributed by atoms with Gasteiger partial charge in [-0.25, -0.2) is 8.42 Å². The molecule has 2 aromatic rings. The number of nitrogens with zero attached hydrogens (tertiary/aromatic N) is 2. The molecule has 4 rings (SSSR count). The number of nitrogens with one attached hydrogen (secondary N) is 1. The van der Waals surface area contributed by atoms with Crippen molar-refractivity contribution in [1.82, 2.24) is 5.32 Å². The van der Waals surface area contributed by atoms with E-state index in [-0.39, 0.29) is 22.3 Å². The topological polar surface area (TPSA) is 119 Å². The minimum absolute atomic E-state index is 0.0668. The molecule has 0 heterocycles. The van der Waals surface area contributed by atoms with Crippen LogP contribution in [0.1, 0.15) is 31.2 Å². The van der Waals surface area contributed by atoms with Gasteiger partial charge < -0.3 is 10.1 Å². The highest BCUT2D eigenvalue weighted by Crippen LogP contribution is 2.44. The van der Waals surface area contributed by atoms with E-state index in [4.69, 9.17) is 4.74 Å². The van der Waals surface area contributed by atoms with Crippen molar-refractivity contribution in [3.05, 3.63) is 58.1 Å². The summed E-state index contributed by atoms with van der Waals surface area (Å²) in [6.07, 6.45) is 4.31. The molecule has 2 fully saturated rings. The SMILES string of the molecule is COc1ccc(N(CC(=O)N[C@@H]2C[C@H]3CC[C@H]2C3)S(=O)(=O)c2ccc(C)c([N+](=O)[O-])c2)cc1. The first-order valence-corrected chi connectivity index (χ1v) is 12.3. The van der Waals surface area contributed by atoms with E-state index in [9.17, 15) is 23.3 Å². The van der Waals surface area contributed by atoms with Crippen molar-refractivity contribution >= 4 is 27.3 Å². The van der Waals surface area contributed by atoms with Crippen molar-refractivity contribution in [1.29, 1.82) is 0 Å². The number of carbonyl (C=O) groups excluding carboxylic acids is 1. The Labute approximate surface area is 192 Å². The normalized spacial score (nSPS) is 21.6. The molecule has 0 spiro atoms. The van der Waals surface area contributed by atoms with E-state index in [0.29, 0.717) is 23.1 Å². The first-order chi connectivity index (χ1) is 15.7. The van der Waals surface area contributed by atoms with E-state index < -0.39 is 27.4 Å². The summed E-state index contributed by atoms with van der Waals surface area (Å²) in [6, 6.07) is 10.1. The quantitative estimate of drug-likeness (QED) is 0.464. The molecule has 1 amide bonds. The molecule has 33 heavy (non-hydrogen) atoms. The molecule has 0 aliphatic heterocycles. The van der Waals surface area contributed by atoms with Gasteiger partial charge in [0.15, 0.2) is 0 Å². The smallest absolute Gasteiger partial charge is 0.273 e.